The van der Waals surface area contributed by atoms with Gasteiger partial charge in [0, 0.05) is 13.1 Å². The molecule has 2 amide bonds. The molecule has 138 valence electrons. The summed E-state index contributed by atoms with van der Waals surface area (Å²) in [7, 11) is 0. The predicted octanol–water partition coefficient (Wildman–Crippen LogP) is 2.13. The van der Waals surface area contributed by atoms with Crippen molar-refractivity contribution in [2.75, 3.05) is 26.2 Å². The minimum absolute atomic E-state index is 0.000903. The van der Waals surface area contributed by atoms with Gasteiger partial charge < -0.3 is 15.0 Å². The van der Waals surface area contributed by atoms with E-state index in [0.29, 0.717) is 18.7 Å². The molecule has 6 heteroatoms. The molecule has 0 aliphatic rings. The number of esters is 1. The maximum atomic E-state index is 12.1. The lowest BCUT2D eigenvalue weighted by Gasteiger charge is -2.20. The van der Waals surface area contributed by atoms with Crippen molar-refractivity contribution in [2.24, 2.45) is 0 Å². The van der Waals surface area contributed by atoms with Crippen molar-refractivity contribution >= 4 is 17.8 Å². The summed E-state index contributed by atoms with van der Waals surface area (Å²) >= 11 is 0. The molecule has 1 rings (SSSR count). The van der Waals surface area contributed by atoms with E-state index in [1.54, 1.807) is 19.1 Å². The smallest absolute Gasteiger partial charge is 0.338 e. The van der Waals surface area contributed by atoms with Gasteiger partial charge in [-0.2, -0.15) is 0 Å². The van der Waals surface area contributed by atoms with Crippen molar-refractivity contribution in [1.29, 1.82) is 0 Å². The van der Waals surface area contributed by atoms with Crippen LogP contribution in [-0.4, -0.2) is 48.9 Å². The van der Waals surface area contributed by atoms with Gasteiger partial charge in [0.1, 0.15) is 0 Å². The maximum Gasteiger partial charge on any atom is 0.338 e. The van der Waals surface area contributed by atoms with Gasteiger partial charge in [0.15, 0.2) is 6.61 Å². The summed E-state index contributed by atoms with van der Waals surface area (Å²) < 4.78 is 5.08. The van der Waals surface area contributed by atoms with E-state index in [1.165, 1.54) is 4.90 Å². The second-order valence-electron chi connectivity index (χ2n) is 6.76. The highest BCUT2D eigenvalue weighted by molar-refractivity contribution is 5.92. The second-order valence-corrected chi connectivity index (χ2v) is 6.76. The minimum Gasteiger partial charge on any atom is -0.452 e. The Labute approximate surface area is 149 Å². The highest BCUT2D eigenvalue weighted by atomic mass is 16.5. The minimum atomic E-state index is -0.553. The number of carbonyl (C=O) groups is 3. The maximum absolute atomic E-state index is 12.1. The van der Waals surface area contributed by atoms with E-state index >= 15 is 0 Å². The number of nitrogens with one attached hydrogen (secondary N) is 1. The van der Waals surface area contributed by atoms with Gasteiger partial charge in [0.2, 0.25) is 5.91 Å². The van der Waals surface area contributed by atoms with E-state index in [1.807, 2.05) is 19.1 Å². The Balaban J connectivity index is 2.59. The van der Waals surface area contributed by atoms with Crippen LogP contribution in [0.2, 0.25) is 0 Å². The molecule has 1 aromatic rings. The quantitative estimate of drug-likeness (QED) is 0.766. The van der Waals surface area contributed by atoms with Crippen molar-refractivity contribution in [3.8, 4) is 0 Å². The molecule has 0 saturated carbocycles. The average Bonchev–Trinajstić information content (AvgIpc) is 2.56. The Hall–Kier alpha value is -2.37. The Morgan fingerprint density at radius 3 is 2.16 bits per heavy atom. The molecule has 0 radical (unpaired) electrons. The summed E-state index contributed by atoms with van der Waals surface area (Å²) in [6, 6.07) is 7.15. The Bertz CT molecular complexity index is 603. The molecular formula is C19H28N2O4. The fourth-order valence-electron chi connectivity index (χ4n) is 2.21. The summed E-state index contributed by atoms with van der Waals surface area (Å²) in [5.41, 5.74) is 1.51. The van der Waals surface area contributed by atoms with Gasteiger partial charge >= 0.3 is 5.97 Å². The van der Waals surface area contributed by atoms with Crippen molar-refractivity contribution in [2.45, 2.75) is 40.0 Å². The van der Waals surface area contributed by atoms with Crippen molar-refractivity contribution in [1.82, 2.24) is 10.2 Å². The first-order valence-electron chi connectivity index (χ1n) is 8.51. The van der Waals surface area contributed by atoms with Crippen molar-refractivity contribution in [3.63, 3.8) is 0 Å². The first-order valence-corrected chi connectivity index (χ1v) is 8.51. The normalized spacial score (nSPS) is 10.9. The summed E-state index contributed by atoms with van der Waals surface area (Å²) in [6.07, 6.45) is 0. The van der Waals surface area contributed by atoms with Gasteiger partial charge in [-0.05, 0) is 37.0 Å². The van der Waals surface area contributed by atoms with Crippen LogP contribution in [0.3, 0.4) is 0 Å². The Morgan fingerprint density at radius 1 is 1.08 bits per heavy atom. The van der Waals surface area contributed by atoms with Crippen LogP contribution in [-0.2, 0) is 19.7 Å². The van der Waals surface area contributed by atoms with E-state index in [4.69, 9.17) is 4.74 Å². The molecule has 0 atom stereocenters. The molecule has 0 heterocycles. The van der Waals surface area contributed by atoms with Crippen LogP contribution < -0.4 is 5.32 Å². The topological polar surface area (TPSA) is 75.7 Å². The number of rotatable bonds is 7. The zero-order chi connectivity index (χ0) is 19.0. The van der Waals surface area contributed by atoms with Crippen molar-refractivity contribution in [3.05, 3.63) is 35.4 Å². The lowest BCUT2D eigenvalue weighted by molar-refractivity contribution is -0.138. The standard InChI is InChI=1S/C19H28N2O4/c1-6-20-16(22)12-21(7-2)17(23)13-25-18(24)14-8-10-15(11-9-14)19(3,4)5/h8-11H,6-7,12-13H2,1-5H3,(H,20,22). The summed E-state index contributed by atoms with van der Waals surface area (Å²) in [4.78, 5) is 37.1. The lowest BCUT2D eigenvalue weighted by Crippen LogP contribution is -2.42. The molecule has 6 nitrogen and oxygen atoms in total. The number of hydrogen-bond donors (Lipinski definition) is 1. The van der Waals surface area contributed by atoms with Crippen LogP contribution in [0.15, 0.2) is 24.3 Å². The molecule has 0 spiro atoms. The molecule has 0 fully saturated rings. The molecule has 1 N–H and O–H groups in total. The van der Waals surface area contributed by atoms with Crippen LogP contribution >= 0.6 is 0 Å². The number of likely N-dealkylation sites (N-methyl/N-ethyl adjacent to an activating group) is 2. The zero-order valence-electron chi connectivity index (χ0n) is 15.7. The predicted molar refractivity (Wildman–Crippen MR) is 96.4 cm³/mol. The van der Waals surface area contributed by atoms with Crippen LogP contribution in [0, 0.1) is 0 Å². The monoisotopic (exact) mass is 348 g/mol. The number of ether oxygens (including phenoxy) is 1. The van der Waals surface area contributed by atoms with Gasteiger partial charge in [-0.3, -0.25) is 9.59 Å². The van der Waals surface area contributed by atoms with Crippen LogP contribution in [0.4, 0.5) is 0 Å². The van der Waals surface area contributed by atoms with Crippen molar-refractivity contribution < 1.29 is 19.1 Å². The fourth-order valence-corrected chi connectivity index (χ4v) is 2.21. The average molecular weight is 348 g/mol. The molecular weight excluding hydrogens is 320 g/mol. The van der Waals surface area contributed by atoms with Crippen LogP contribution in [0.25, 0.3) is 0 Å². The van der Waals surface area contributed by atoms with Gasteiger partial charge in [0.05, 0.1) is 12.1 Å². The fraction of sp³-hybridized carbons (Fsp3) is 0.526. The largest absolute Gasteiger partial charge is 0.452 e. The highest BCUT2D eigenvalue weighted by Gasteiger charge is 2.18. The first kappa shape index (κ1) is 20.7. The van der Waals surface area contributed by atoms with Crippen LogP contribution in [0.1, 0.15) is 50.5 Å². The summed E-state index contributed by atoms with van der Waals surface area (Å²) in [6.45, 7) is 10.3. The first-order chi connectivity index (χ1) is 11.7. The molecule has 0 unspecified atom stereocenters. The molecule has 0 saturated heterocycles. The Kier molecular flexibility index (Phi) is 7.61. The van der Waals surface area contributed by atoms with Gasteiger partial charge in [-0.25, -0.2) is 4.79 Å². The third kappa shape index (κ3) is 6.57. The summed E-state index contributed by atoms with van der Waals surface area (Å²) in [5.74, 6) is -1.18. The summed E-state index contributed by atoms with van der Waals surface area (Å²) in [5, 5.41) is 2.63. The number of amides is 2. The second kappa shape index (κ2) is 9.20. The van der Waals surface area contributed by atoms with E-state index < -0.39 is 11.9 Å². The third-order valence-electron chi connectivity index (χ3n) is 3.76. The van der Waals surface area contributed by atoms with E-state index in [-0.39, 0.29) is 24.5 Å². The molecule has 0 aromatic heterocycles. The third-order valence-corrected chi connectivity index (χ3v) is 3.76. The molecule has 0 aliphatic heterocycles. The van der Waals surface area contributed by atoms with E-state index in [0.717, 1.165) is 5.56 Å². The Morgan fingerprint density at radius 2 is 1.68 bits per heavy atom. The highest BCUT2D eigenvalue weighted by Crippen LogP contribution is 2.22. The van der Waals surface area contributed by atoms with Gasteiger partial charge in [0.25, 0.3) is 5.91 Å². The molecule has 0 aliphatic carbocycles. The van der Waals surface area contributed by atoms with Crippen LogP contribution in [0.5, 0.6) is 0 Å². The SMILES string of the molecule is CCNC(=O)CN(CC)C(=O)COC(=O)c1ccc(C(C)(C)C)cc1. The van der Waals surface area contributed by atoms with E-state index in [2.05, 4.69) is 26.1 Å². The number of hydrogen-bond acceptors (Lipinski definition) is 4. The van der Waals surface area contributed by atoms with Gasteiger partial charge in [-0.1, -0.05) is 32.9 Å². The molecule has 0 bridgehead atoms. The zero-order valence-corrected chi connectivity index (χ0v) is 15.7. The lowest BCUT2D eigenvalue weighted by atomic mass is 9.87. The molecule has 1 aromatic carbocycles. The number of benzene rings is 1. The molecule has 25 heavy (non-hydrogen) atoms. The number of carbonyl (C=O) groups excluding carboxylic acids is 3. The van der Waals surface area contributed by atoms with E-state index in [9.17, 15) is 14.4 Å². The number of nitrogens with zero attached hydrogens (tertiary/aromatic N) is 1. The van der Waals surface area contributed by atoms with Gasteiger partial charge in [-0.15, -0.1) is 0 Å².